The molecule has 0 saturated heterocycles. The molecule has 2 aromatic heterocycles. The summed E-state index contributed by atoms with van der Waals surface area (Å²) in [6.45, 7) is 2.04. The van der Waals surface area contributed by atoms with Gasteiger partial charge in [-0.15, -0.1) is 11.3 Å². The number of fused-ring (bicyclic) bond motifs is 2. The summed E-state index contributed by atoms with van der Waals surface area (Å²) >= 11 is 1.63. The first-order valence-corrected chi connectivity index (χ1v) is 7.65. The van der Waals surface area contributed by atoms with Gasteiger partial charge in [0.25, 0.3) is 0 Å². The fourth-order valence-electron chi connectivity index (χ4n) is 3.09. The molecule has 0 spiro atoms. The number of benzene rings is 1. The van der Waals surface area contributed by atoms with Gasteiger partial charge in [-0.25, -0.2) is 4.98 Å². The van der Waals surface area contributed by atoms with Gasteiger partial charge in [-0.05, 0) is 31.4 Å². The largest absolute Gasteiger partial charge is 0.375 e. The van der Waals surface area contributed by atoms with Crippen molar-refractivity contribution in [3.63, 3.8) is 0 Å². The van der Waals surface area contributed by atoms with Crippen LogP contribution in [-0.4, -0.2) is 9.97 Å². The van der Waals surface area contributed by atoms with E-state index in [4.69, 9.17) is 10.7 Å². The molecule has 0 amide bonds. The number of nitrogens with zero attached hydrogens (tertiary/aromatic N) is 2. The topological polar surface area (TPSA) is 51.8 Å². The van der Waals surface area contributed by atoms with E-state index >= 15 is 0 Å². The van der Waals surface area contributed by atoms with Crippen LogP contribution >= 0.6 is 11.3 Å². The first-order valence-electron chi connectivity index (χ1n) is 6.84. The molecule has 1 aromatic carbocycles. The number of nitrogens with two attached hydrogens (primary N) is 1. The molecule has 1 aliphatic carbocycles. The Bertz CT molecular complexity index is 807. The van der Waals surface area contributed by atoms with Crippen LogP contribution in [0.25, 0.3) is 10.9 Å². The van der Waals surface area contributed by atoms with Gasteiger partial charge in [-0.3, -0.25) is 4.98 Å². The normalized spacial score (nSPS) is 17.6. The van der Waals surface area contributed by atoms with E-state index < -0.39 is 0 Å². The Morgan fingerprint density at radius 2 is 2.10 bits per heavy atom. The fourth-order valence-corrected chi connectivity index (χ4v) is 4.13. The Labute approximate surface area is 121 Å². The fraction of sp³-hybridized carbons (Fsp3) is 0.250. The standard InChI is InChI=1S/C16H15N3S/c1-9-5-6-10-3-2-4-11(14(10)18-9)12-7-8-13-15(12)20-16(17)19-13/h2-6,12H,7-8H2,1H3,(H2,17,19). The quantitative estimate of drug-likeness (QED) is 0.740. The maximum atomic E-state index is 5.86. The summed E-state index contributed by atoms with van der Waals surface area (Å²) in [5.41, 5.74) is 10.5. The summed E-state index contributed by atoms with van der Waals surface area (Å²) in [5.74, 6) is 0.401. The summed E-state index contributed by atoms with van der Waals surface area (Å²) in [6, 6.07) is 10.7. The van der Waals surface area contributed by atoms with Gasteiger partial charge in [0, 0.05) is 21.9 Å². The van der Waals surface area contributed by atoms with Crippen molar-refractivity contribution in [1.82, 2.24) is 9.97 Å². The molecule has 0 aliphatic heterocycles. The van der Waals surface area contributed by atoms with E-state index in [1.54, 1.807) is 11.3 Å². The van der Waals surface area contributed by atoms with Crippen molar-refractivity contribution in [2.24, 2.45) is 0 Å². The zero-order chi connectivity index (χ0) is 13.7. The van der Waals surface area contributed by atoms with Crippen LogP contribution < -0.4 is 5.73 Å². The number of pyridine rings is 1. The number of para-hydroxylation sites is 1. The number of thiazole rings is 1. The Kier molecular flexibility index (Phi) is 2.54. The van der Waals surface area contributed by atoms with E-state index in [1.165, 1.54) is 21.5 Å². The van der Waals surface area contributed by atoms with E-state index in [1.807, 2.05) is 6.92 Å². The number of aryl methyl sites for hydroxylation is 2. The van der Waals surface area contributed by atoms with Crippen molar-refractivity contribution in [3.8, 4) is 0 Å². The lowest BCUT2D eigenvalue weighted by atomic mass is 9.95. The van der Waals surface area contributed by atoms with Crippen LogP contribution in [0.4, 0.5) is 5.13 Å². The minimum absolute atomic E-state index is 0.401. The van der Waals surface area contributed by atoms with Gasteiger partial charge < -0.3 is 5.73 Å². The van der Waals surface area contributed by atoms with Crippen molar-refractivity contribution in [1.29, 1.82) is 0 Å². The van der Waals surface area contributed by atoms with Crippen LogP contribution in [0, 0.1) is 6.92 Å². The Morgan fingerprint density at radius 1 is 1.20 bits per heavy atom. The molecule has 4 heteroatoms. The van der Waals surface area contributed by atoms with Crippen LogP contribution in [-0.2, 0) is 6.42 Å². The average Bonchev–Trinajstić information content (AvgIpc) is 2.97. The summed E-state index contributed by atoms with van der Waals surface area (Å²) in [6.07, 6.45) is 2.14. The molecule has 2 heterocycles. The molecule has 100 valence electrons. The maximum absolute atomic E-state index is 5.86. The highest BCUT2D eigenvalue weighted by atomic mass is 32.1. The molecule has 0 fully saturated rings. The van der Waals surface area contributed by atoms with Gasteiger partial charge >= 0.3 is 0 Å². The van der Waals surface area contributed by atoms with Crippen LogP contribution in [0.5, 0.6) is 0 Å². The highest BCUT2D eigenvalue weighted by molar-refractivity contribution is 7.15. The molecule has 1 atom stereocenters. The molecule has 4 rings (SSSR count). The molecule has 1 aliphatic rings. The predicted octanol–water partition coefficient (Wildman–Crippen LogP) is 3.66. The third-order valence-corrected chi connectivity index (χ3v) is 5.04. The second-order valence-corrected chi connectivity index (χ2v) is 6.39. The van der Waals surface area contributed by atoms with Gasteiger partial charge in [0.05, 0.1) is 11.2 Å². The molecular weight excluding hydrogens is 266 g/mol. The summed E-state index contributed by atoms with van der Waals surface area (Å²) in [7, 11) is 0. The van der Waals surface area contributed by atoms with E-state index in [0.717, 1.165) is 24.1 Å². The van der Waals surface area contributed by atoms with E-state index in [2.05, 4.69) is 35.3 Å². The molecule has 3 aromatic rings. The number of nitrogen functional groups attached to an aromatic ring is 1. The second kappa shape index (κ2) is 4.28. The van der Waals surface area contributed by atoms with Crippen LogP contribution in [0.2, 0.25) is 0 Å². The van der Waals surface area contributed by atoms with Crippen molar-refractivity contribution in [3.05, 3.63) is 52.2 Å². The van der Waals surface area contributed by atoms with Gasteiger partial charge in [-0.2, -0.15) is 0 Å². The zero-order valence-corrected chi connectivity index (χ0v) is 12.1. The Hall–Kier alpha value is -1.94. The van der Waals surface area contributed by atoms with E-state index in [-0.39, 0.29) is 0 Å². The highest BCUT2D eigenvalue weighted by Crippen LogP contribution is 2.43. The minimum atomic E-state index is 0.401. The molecule has 0 saturated carbocycles. The van der Waals surface area contributed by atoms with Crippen molar-refractivity contribution < 1.29 is 0 Å². The summed E-state index contributed by atoms with van der Waals surface area (Å²) in [5, 5.41) is 1.89. The van der Waals surface area contributed by atoms with Crippen molar-refractivity contribution >= 4 is 27.4 Å². The number of aromatic nitrogens is 2. The Balaban J connectivity index is 1.93. The number of hydrogen-bond acceptors (Lipinski definition) is 4. The number of hydrogen-bond donors (Lipinski definition) is 1. The molecule has 0 bridgehead atoms. The highest BCUT2D eigenvalue weighted by Gasteiger charge is 2.29. The lowest BCUT2D eigenvalue weighted by Gasteiger charge is -2.13. The van der Waals surface area contributed by atoms with Crippen molar-refractivity contribution in [2.45, 2.75) is 25.7 Å². The van der Waals surface area contributed by atoms with Crippen molar-refractivity contribution in [2.75, 3.05) is 5.73 Å². The molecule has 2 N–H and O–H groups in total. The Morgan fingerprint density at radius 3 is 3.00 bits per heavy atom. The predicted molar refractivity (Wildman–Crippen MR) is 83.2 cm³/mol. The number of rotatable bonds is 1. The lowest BCUT2D eigenvalue weighted by Crippen LogP contribution is -1.98. The summed E-state index contributed by atoms with van der Waals surface area (Å²) < 4.78 is 0. The van der Waals surface area contributed by atoms with Crippen LogP contribution in [0.15, 0.2) is 30.3 Å². The first kappa shape index (κ1) is 11.9. The number of anilines is 1. The molecular formula is C16H15N3S. The van der Waals surface area contributed by atoms with E-state index in [0.29, 0.717) is 11.0 Å². The third kappa shape index (κ3) is 1.72. The molecule has 3 nitrogen and oxygen atoms in total. The first-order chi connectivity index (χ1) is 9.72. The monoisotopic (exact) mass is 281 g/mol. The molecule has 20 heavy (non-hydrogen) atoms. The van der Waals surface area contributed by atoms with Crippen LogP contribution in [0.1, 0.15) is 34.2 Å². The second-order valence-electron chi connectivity index (χ2n) is 5.33. The SMILES string of the molecule is Cc1ccc2cccc(C3CCc4nc(N)sc43)c2n1. The minimum Gasteiger partial charge on any atom is -0.375 e. The lowest BCUT2D eigenvalue weighted by molar-refractivity contribution is 0.794. The maximum Gasteiger partial charge on any atom is 0.180 e. The average molecular weight is 281 g/mol. The van der Waals surface area contributed by atoms with Gasteiger partial charge in [0.15, 0.2) is 5.13 Å². The smallest absolute Gasteiger partial charge is 0.180 e. The third-order valence-electron chi connectivity index (χ3n) is 4.00. The summed E-state index contributed by atoms with van der Waals surface area (Å²) in [4.78, 5) is 10.5. The molecule has 0 radical (unpaired) electrons. The van der Waals surface area contributed by atoms with Crippen LogP contribution in [0.3, 0.4) is 0 Å². The van der Waals surface area contributed by atoms with Gasteiger partial charge in [-0.1, -0.05) is 24.3 Å². The molecule has 1 unspecified atom stereocenters. The zero-order valence-electron chi connectivity index (χ0n) is 11.3. The van der Waals surface area contributed by atoms with Gasteiger partial charge in [0.2, 0.25) is 0 Å². The van der Waals surface area contributed by atoms with Gasteiger partial charge in [0.1, 0.15) is 0 Å². The van der Waals surface area contributed by atoms with E-state index in [9.17, 15) is 0 Å².